The molecule has 4 heteroatoms. The van der Waals surface area contributed by atoms with Crippen LogP contribution in [0.2, 0.25) is 0 Å². The number of rotatable bonds is 4. The Morgan fingerprint density at radius 2 is 1.71 bits per heavy atom. The van der Waals surface area contributed by atoms with Crippen molar-refractivity contribution in [1.29, 1.82) is 0 Å². The van der Waals surface area contributed by atoms with Crippen molar-refractivity contribution < 1.29 is 4.42 Å². The van der Waals surface area contributed by atoms with Gasteiger partial charge in [0.05, 0.1) is 5.56 Å². The Bertz CT molecular complexity index is 749. The molecule has 4 nitrogen and oxygen atoms in total. The summed E-state index contributed by atoms with van der Waals surface area (Å²) in [6.45, 7) is 4.67. The van der Waals surface area contributed by atoms with Crippen molar-refractivity contribution in [3.63, 3.8) is 0 Å². The monoisotopic (exact) mass is 279 g/mol. The first kappa shape index (κ1) is 13.4. The van der Waals surface area contributed by atoms with Crippen molar-refractivity contribution in [1.82, 2.24) is 10.2 Å². The maximum Gasteiger partial charge on any atom is 0.249 e. The number of nitrogens with zero attached hydrogens (tertiary/aromatic N) is 2. The van der Waals surface area contributed by atoms with E-state index in [1.807, 2.05) is 30.3 Å². The van der Waals surface area contributed by atoms with Gasteiger partial charge in [0.1, 0.15) is 0 Å². The highest BCUT2D eigenvalue weighted by atomic mass is 16.4. The summed E-state index contributed by atoms with van der Waals surface area (Å²) in [5.41, 5.74) is 4.46. The summed E-state index contributed by atoms with van der Waals surface area (Å²) in [7, 11) is 0. The third-order valence-electron chi connectivity index (χ3n) is 3.41. The summed E-state index contributed by atoms with van der Waals surface area (Å²) in [5, 5.41) is 11.4. The van der Waals surface area contributed by atoms with E-state index in [-0.39, 0.29) is 0 Å². The van der Waals surface area contributed by atoms with E-state index in [9.17, 15) is 0 Å². The lowest BCUT2D eigenvalue weighted by molar-refractivity contribution is 0.533. The summed E-state index contributed by atoms with van der Waals surface area (Å²) >= 11 is 0. The molecule has 0 aliphatic rings. The second kappa shape index (κ2) is 5.79. The van der Waals surface area contributed by atoms with Gasteiger partial charge in [0.25, 0.3) is 0 Å². The lowest BCUT2D eigenvalue weighted by Crippen LogP contribution is -2.02. The van der Waals surface area contributed by atoms with Gasteiger partial charge in [0.15, 0.2) is 0 Å². The number of nitrogens with one attached hydrogen (secondary N) is 1. The number of hydrogen-bond acceptors (Lipinski definition) is 4. The van der Waals surface area contributed by atoms with Gasteiger partial charge in [0.2, 0.25) is 11.8 Å². The maximum atomic E-state index is 5.52. The number of hydrogen-bond donors (Lipinski definition) is 1. The third-order valence-corrected chi connectivity index (χ3v) is 3.41. The standard InChI is InChI=1S/C17H17N3O/c1-12-7-3-4-8-14(12)11-18-16-10-6-5-9-15(16)17-20-19-13(2)21-17/h3-10,18H,11H2,1-2H3. The molecule has 0 aliphatic heterocycles. The minimum atomic E-state index is 0.542. The minimum Gasteiger partial charge on any atom is -0.421 e. The van der Waals surface area contributed by atoms with Crippen molar-refractivity contribution in [3.05, 3.63) is 65.5 Å². The molecule has 3 aromatic rings. The van der Waals surface area contributed by atoms with Gasteiger partial charge in [-0.2, -0.15) is 0 Å². The zero-order valence-electron chi connectivity index (χ0n) is 12.1. The summed E-state index contributed by atoms with van der Waals surface area (Å²) in [4.78, 5) is 0. The molecule has 1 heterocycles. The topological polar surface area (TPSA) is 51.0 Å². The van der Waals surface area contributed by atoms with Crippen LogP contribution < -0.4 is 5.32 Å². The van der Waals surface area contributed by atoms with E-state index in [0.717, 1.165) is 17.8 Å². The van der Waals surface area contributed by atoms with E-state index in [1.54, 1.807) is 6.92 Å². The Hall–Kier alpha value is -2.62. The maximum absolute atomic E-state index is 5.52. The number of aromatic nitrogens is 2. The molecule has 21 heavy (non-hydrogen) atoms. The van der Waals surface area contributed by atoms with Crippen LogP contribution in [-0.2, 0) is 6.54 Å². The average Bonchev–Trinajstić information content (AvgIpc) is 2.93. The van der Waals surface area contributed by atoms with Gasteiger partial charge in [-0.25, -0.2) is 0 Å². The van der Waals surface area contributed by atoms with Crippen molar-refractivity contribution in [3.8, 4) is 11.5 Å². The van der Waals surface area contributed by atoms with Crippen LogP contribution in [0.4, 0.5) is 5.69 Å². The molecule has 0 radical (unpaired) electrons. The van der Waals surface area contributed by atoms with E-state index in [1.165, 1.54) is 11.1 Å². The summed E-state index contributed by atoms with van der Waals surface area (Å²) in [6.07, 6.45) is 0. The third kappa shape index (κ3) is 2.94. The van der Waals surface area contributed by atoms with Gasteiger partial charge in [-0.1, -0.05) is 36.4 Å². The minimum absolute atomic E-state index is 0.542. The van der Waals surface area contributed by atoms with Crippen molar-refractivity contribution in [2.75, 3.05) is 5.32 Å². The average molecular weight is 279 g/mol. The van der Waals surface area contributed by atoms with Crippen LogP contribution in [0.5, 0.6) is 0 Å². The van der Waals surface area contributed by atoms with Crippen LogP contribution in [0.25, 0.3) is 11.5 Å². The number of benzene rings is 2. The van der Waals surface area contributed by atoms with Gasteiger partial charge in [0, 0.05) is 19.2 Å². The first-order valence-corrected chi connectivity index (χ1v) is 6.92. The molecule has 0 saturated carbocycles. The van der Waals surface area contributed by atoms with E-state index in [0.29, 0.717) is 11.8 Å². The Balaban J connectivity index is 1.85. The molecule has 0 saturated heterocycles. The lowest BCUT2D eigenvalue weighted by atomic mass is 10.1. The van der Waals surface area contributed by atoms with Crippen LogP contribution in [0.3, 0.4) is 0 Å². The van der Waals surface area contributed by atoms with E-state index >= 15 is 0 Å². The molecule has 1 N–H and O–H groups in total. The lowest BCUT2D eigenvalue weighted by Gasteiger charge is -2.11. The zero-order valence-corrected chi connectivity index (χ0v) is 12.1. The SMILES string of the molecule is Cc1nnc(-c2ccccc2NCc2ccccc2C)o1. The largest absolute Gasteiger partial charge is 0.421 e. The highest BCUT2D eigenvalue weighted by Crippen LogP contribution is 2.27. The van der Waals surface area contributed by atoms with E-state index in [2.05, 4.69) is 40.6 Å². The Kier molecular flexibility index (Phi) is 3.69. The second-order valence-corrected chi connectivity index (χ2v) is 4.95. The van der Waals surface area contributed by atoms with Crippen LogP contribution >= 0.6 is 0 Å². The van der Waals surface area contributed by atoms with Gasteiger partial charge in [-0.05, 0) is 30.2 Å². The molecule has 0 spiro atoms. The van der Waals surface area contributed by atoms with Crippen LogP contribution in [0, 0.1) is 13.8 Å². The molecule has 3 rings (SSSR count). The highest BCUT2D eigenvalue weighted by molar-refractivity contribution is 5.72. The predicted octanol–water partition coefficient (Wildman–Crippen LogP) is 3.97. The van der Waals surface area contributed by atoms with Gasteiger partial charge in [-0.15, -0.1) is 10.2 Å². The molecule has 0 atom stereocenters. The molecule has 0 unspecified atom stereocenters. The first-order valence-electron chi connectivity index (χ1n) is 6.92. The van der Waals surface area contributed by atoms with Crippen molar-refractivity contribution in [2.24, 2.45) is 0 Å². The Labute approximate surface area is 123 Å². The fourth-order valence-electron chi connectivity index (χ4n) is 2.23. The van der Waals surface area contributed by atoms with Crippen LogP contribution in [0.1, 0.15) is 17.0 Å². The molecule has 0 fully saturated rings. The van der Waals surface area contributed by atoms with E-state index < -0.39 is 0 Å². The summed E-state index contributed by atoms with van der Waals surface area (Å²) < 4.78 is 5.52. The second-order valence-electron chi connectivity index (χ2n) is 4.95. The van der Waals surface area contributed by atoms with Gasteiger partial charge < -0.3 is 9.73 Å². The van der Waals surface area contributed by atoms with Crippen LogP contribution in [-0.4, -0.2) is 10.2 Å². The molecule has 1 aromatic heterocycles. The Morgan fingerprint density at radius 3 is 2.48 bits per heavy atom. The van der Waals surface area contributed by atoms with E-state index in [4.69, 9.17) is 4.42 Å². The quantitative estimate of drug-likeness (QED) is 0.785. The van der Waals surface area contributed by atoms with Gasteiger partial charge >= 0.3 is 0 Å². The molecule has 0 aliphatic carbocycles. The molecule has 2 aromatic carbocycles. The fraction of sp³-hybridized carbons (Fsp3) is 0.176. The Morgan fingerprint density at radius 1 is 0.952 bits per heavy atom. The van der Waals surface area contributed by atoms with Crippen LogP contribution in [0.15, 0.2) is 52.9 Å². The molecule has 106 valence electrons. The van der Waals surface area contributed by atoms with Gasteiger partial charge in [-0.3, -0.25) is 0 Å². The molecule has 0 bridgehead atoms. The first-order chi connectivity index (χ1) is 10.2. The number of aryl methyl sites for hydroxylation is 2. The molecular weight excluding hydrogens is 262 g/mol. The molecule has 0 amide bonds. The fourth-order valence-corrected chi connectivity index (χ4v) is 2.23. The normalized spacial score (nSPS) is 10.6. The smallest absolute Gasteiger partial charge is 0.249 e. The van der Waals surface area contributed by atoms with Crippen molar-refractivity contribution >= 4 is 5.69 Å². The highest BCUT2D eigenvalue weighted by Gasteiger charge is 2.10. The number of para-hydroxylation sites is 1. The summed E-state index contributed by atoms with van der Waals surface area (Å²) in [6, 6.07) is 16.3. The summed E-state index contributed by atoms with van der Waals surface area (Å²) in [5.74, 6) is 1.11. The zero-order chi connectivity index (χ0) is 14.7. The number of anilines is 1. The predicted molar refractivity (Wildman–Crippen MR) is 83.0 cm³/mol. The van der Waals surface area contributed by atoms with Crippen molar-refractivity contribution in [2.45, 2.75) is 20.4 Å². The molecular formula is C17H17N3O.